The van der Waals surface area contributed by atoms with Crippen LogP contribution in [0.4, 0.5) is 5.69 Å². The van der Waals surface area contributed by atoms with Crippen molar-refractivity contribution in [2.75, 3.05) is 18.1 Å². The molecule has 2 amide bonds. The molecule has 0 N–H and O–H groups in total. The lowest BCUT2D eigenvalue weighted by Crippen LogP contribution is -2.37. The second-order valence-corrected chi connectivity index (χ2v) is 8.87. The number of hydrogen-bond acceptors (Lipinski definition) is 4. The van der Waals surface area contributed by atoms with Gasteiger partial charge in [-0.15, -0.1) is 0 Å². The highest BCUT2D eigenvalue weighted by Gasteiger charge is 2.30. The first kappa shape index (κ1) is 21.8. The van der Waals surface area contributed by atoms with Crippen molar-refractivity contribution < 1.29 is 19.1 Å². The van der Waals surface area contributed by atoms with E-state index in [2.05, 4.69) is 20.8 Å². The summed E-state index contributed by atoms with van der Waals surface area (Å²) in [5.41, 5.74) is 2.20. The monoisotopic (exact) mass is 429 g/mol. The number of para-hydroxylation sites is 1. The van der Waals surface area contributed by atoms with E-state index >= 15 is 0 Å². The number of carbonyl (C=O) groups is 2. The van der Waals surface area contributed by atoms with Gasteiger partial charge in [-0.3, -0.25) is 9.59 Å². The molecule has 164 valence electrons. The van der Waals surface area contributed by atoms with E-state index in [1.165, 1.54) is 4.90 Å². The molecule has 32 heavy (non-hydrogen) atoms. The van der Waals surface area contributed by atoms with E-state index in [1.807, 2.05) is 24.3 Å². The van der Waals surface area contributed by atoms with E-state index in [-0.39, 0.29) is 11.5 Å². The summed E-state index contributed by atoms with van der Waals surface area (Å²) in [7, 11) is 0. The van der Waals surface area contributed by atoms with Gasteiger partial charge in [-0.1, -0.05) is 63.2 Å². The summed E-state index contributed by atoms with van der Waals surface area (Å²) in [6, 6.07) is 23.3. The third kappa shape index (κ3) is 4.89. The van der Waals surface area contributed by atoms with Gasteiger partial charge in [0.15, 0.2) is 0 Å². The number of anilines is 1. The van der Waals surface area contributed by atoms with E-state index in [0.717, 1.165) is 5.56 Å². The van der Waals surface area contributed by atoms with Gasteiger partial charge in [0.25, 0.3) is 11.8 Å². The van der Waals surface area contributed by atoms with Crippen molar-refractivity contribution in [2.24, 2.45) is 0 Å². The zero-order valence-electron chi connectivity index (χ0n) is 18.6. The molecule has 1 saturated heterocycles. The molecule has 1 aliphatic heterocycles. The highest BCUT2D eigenvalue weighted by Crippen LogP contribution is 2.31. The maximum atomic E-state index is 13.8. The number of epoxide rings is 1. The normalized spacial score (nSPS) is 15.2. The summed E-state index contributed by atoms with van der Waals surface area (Å²) in [6.07, 6.45) is 0.0485. The lowest BCUT2D eigenvalue weighted by atomic mass is 9.86. The Balaban J connectivity index is 1.76. The summed E-state index contributed by atoms with van der Waals surface area (Å²) in [4.78, 5) is 28.4. The van der Waals surface area contributed by atoms with Crippen LogP contribution in [0.2, 0.25) is 0 Å². The minimum absolute atomic E-state index is 0.0485. The van der Waals surface area contributed by atoms with Crippen molar-refractivity contribution in [2.45, 2.75) is 32.3 Å². The quantitative estimate of drug-likeness (QED) is 0.397. The third-order valence-electron chi connectivity index (χ3n) is 5.35. The fraction of sp³-hybridized carbons (Fsp3) is 0.259. The van der Waals surface area contributed by atoms with Gasteiger partial charge in [0.1, 0.15) is 18.5 Å². The van der Waals surface area contributed by atoms with E-state index < -0.39 is 11.8 Å². The Kier molecular flexibility index (Phi) is 6.10. The van der Waals surface area contributed by atoms with Crippen molar-refractivity contribution in [3.8, 4) is 5.75 Å². The molecule has 0 aromatic heterocycles. The second-order valence-electron chi connectivity index (χ2n) is 8.87. The molecule has 1 fully saturated rings. The first-order chi connectivity index (χ1) is 15.3. The van der Waals surface area contributed by atoms with Gasteiger partial charge in [-0.2, -0.15) is 0 Å². The van der Waals surface area contributed by atoms with Crippen molar-refractivity contribution in [3.63, 3.8) is 0 Å². The number of benzene rings is 3. The molecule has 0 spiro atoms. The number of rotatable bonds is 6. The highest BCUT2D eigenvalue weighted by molar-refractivity contribution is 6.26. The largest absolute Gasteiger partial charge is 0.490 e. The molecule has 1 aliphatic rings. The minimum Gasteiger partial charge on any atom is -0.490 e. The van der Waals surface area contributed by atoms with Crippen LogP contribution < -0.4 is 9.64 Å². The Hall–Kier alpha value is -3.44. The molecule has 5 heteroatoms. The SMILES string of the molecule is CC(C)(C)c1ccc(C(=O)N(C(=O)c2ccccc2)c2ccccc2)c(OCC2CO2)c1. The zero-order chi connectivity index (χ0) is 22.7. The molecule has 0 bridgehead atoms. The molecule has 0 radical (unpaired) electrons. The summed E-state index contributed by atoms with van der Waals surface area (Å²) < 4.78 is 11.3. The van der Waals surface area contributed by atoms with Crippen molar-refractivity contribution in [1.82, 2.24) is 0 Å². The van der Waals surface area contributed by atoms with Gasteiger partial charge >= 0.3 is 0 Å². The molecule has 3 aromatic carbocycles. The summed E-state index contributed by atoms with van der Waals surface area (Å²) in [5.74, 6) is -0.366. The van der Waals surface area contributed by atoms with Crippen LogP contribution in [0.15, 0.2) is 78.9 Å². The fourth-order valence-corrected chi connectivity index (χ4v) is 3.37. The Morgan fingerprint density at radius 1 is 0.938 bits per heavy atom. The van der Waals surface area contributed by atoms with Gasteiger partial charge < -0.3 is 9.47 Å². The van der Waals surface area contributed by atoms with Gasteiger partial charge in [-0.05, 0) is 47.4 Å². The standard InChI is InChI=1S/C27H27NO4/c1-27(2,3)20-14-15-23(24(16-20)32-18-22-17-31-22)26(30)28(21-12-8-5-9-13-21)25(29)19-10-6-4-7-11-19/h4-16,22H,17-18H2,1-3H3. The Morgan fingerprint density at radius 3 is 2.16 bits per heavy atom. The van der Waals surface area contributed by atoms with E-state index in [0.29, 0.717) is 35.8 Å². The highest BCUT2D eigenvalue weighted by atomic mass is 16.6. The average Bonchev–Trinajstić information content (AvgIpc) is 3.63. The van der Waals surface area contributed by atoms with Crippen molar-refractivity contribution in [1.29, 1.82) is 0 Å². The molecular weight excluding hydrogens is 402 g/mol. The van der Waals surface area contributed by atoms with Crippen molar-refractivity contribution >= 4 is 17.5 Å². The Bertz CT molecular complexity index is 1100. The zero-order valence-corrected chi connectivity index (χ0v) is 18.6. The minimum atomic E-state index is -0.433. The van der Waals surface area contributed by atoms with Crippen molar-refractivity contribution in [3.05, 3.63) is 95.6 Å². The van der Waals surface area contributed by atoms with Crippen LogP contribution in [0.25, 0.3) is 0 Å². The topological polar surface area (TPSA) is 59.1 Å². The van der Waals surface area contributed by atoms with E-state index in [4.69, 9.17) is 9.47 Å². The fourth-order valence-electron chi connectivity index (χ4n) is 3.37. The van der Waals surface area contributed by atoms with Gasteiger partial charge in [0.2, 0.25) is 0 Å². The third-order valence-corrected chi connectivity index (χ3v) is 5.35. The molecular formula is C27H27NO4. The lowest BCUT2D eigenvalue weighted by molar-refractivity contribution is 0.0895. The van der Waals surface area contributed by atoms with Crippen LogP contribution in [0.5, 0.6) is 5.75 Å². The Labute approximate surface area is 188 Å². The first-order valence-electron chi connectivity index (χ1n) is 10.7. The summed E-state index contributed by atoms with van der Waals surface area (Å²) in [6.45, 7) is 7.34. The number of ether oxygens (including phenoxy) is 2. The molecule has 1 heterocycles. The predicted molar refractivity (Wildman–Crippen MR) is 124 cm³/mol. The maximum Gasteiger partial charge on any atom is 0.269 e. The van der Waals surface area contributed by atoms with Crippen LogP contribution in [0.3, 0.4) is 0 Å². The van der Waals surface area contributed by atoms with Crippen LogP contribution in [0.1, 0.15) is 47.1 Å². The molecule has 0 saturated carbocycles. The predicted octanol–water partition coefficient (Wildman–Crippen LogP) is 5.25. The van der Waals surface area contributed by atoms with Gasteiger partial charge in [0.05, 0.1) is 17.9 Å². The molecule has 4 rings (SSSR count). The molecule has 1 unspecified atom stereocenters. The molecule has 3 aromatic rings. The van der Waals surface area contributed by atoms with Crippen LogP contribution in [-0.4, -0.2) is 31.1 Å². The number of nitrogens with zero attached hydrogens (tertiary/aromatic N) is 1. The second kappa shape index (κ2) is 8.97. The summed E-state index contributed by atoms with van der Waals surface area (Å²) >= 11 is 0. The van der Waals surface area contributed by atoms with Gasteiger partial charge in [-0.25, -0.2) is 4.90 Å². The van der Waals surface area contributed by atoms with Gasteiger partial charge in [0, 0.05) is 5.56 Å². The number of carbonyl (C=O) groups excluding carboxylic acids is 2. The lowest BCUT2D eigenvalue weighted by Gasteiger charge is -2.24. The Morgan fingerprint density at radius 2 is 1.56 bits per heavy atom. The van der Waals surface area contributed by atoms with Crippen LogP contribution in [0, 0.1) is 0 Å². The van der Waals surface area contributed by atoms with E-state index in [1.54, 1.807) is 54.6 Å². The molecule has 5 nitrogen and oxygen atoms in total. The summed E-state index contributed by atoms with van der Waals surface area (Å²) in [5, 5.41) is 0. The number of amides is 2. The smallest absolute Gasteiger partial charge is 0.269 e. The first-order valence-corrected chi connectivity index (χ1v) is 10.7. The van der Waals surface area contributed by atoms with E-state index in [9.17, 15) is 9.59 Å². The van der Waals surface area contributed by atoms with Crippen LogP contribution >= 0.6 is 0 Å². The maximum absolute atomic E-state index is 13.8. The molecule has 1 atom stereocenters. The van der Waals surface area contributed by atoms with Crippen LogP contribution in [-0.2, 0) is 10.2 Å². The number of imide groups is 1. The number of hydrogen-bond donors (Lipinski definition) is 0. The molecule has 0 aliphatic carbocycles. The average molecular weight is 430 g/mol.